The third kappa shape index (κ3) is 3.78. The molecule has 1 aliphatic rings. The first-order valence-corrected chi connectivity index (χ1v) is 6.82. The first kappa shape index (κ1) is 15.0. The third-order valence-electron chi connectivity index (χ3n) is 3.63. The van der Waals surface area contributed by atoms with Gasteiger partial charge >= 0.3 is 0 Å². The van der Waals surface area contributed by atoms with Crippen LogP contribution in [-0.2, 0) is 9.53 Å². The summed E-state index contributed by atoms with van der Waals surface area (Å²) >= 11 is 0. The van der Waals surface area contributed by atoms with Gasteiger partial charge in [0.1, 0.15) is 0 Å². The van der Waals surface area contributed by atoms with Crippen molar-refractivity contribution < 1.29 is 14.1 Å². The average Bonchev–Trinajstić information content (AvgIpc) is 2.84. The molecule has 2 rings (SSSR count). The van der Waals surface area contributed by atoms with E-state index in [0.29, 0.717) is 19.0 Å². The van der Waals surface area contributed by atoms with E-state index >= 15 is 0 Å². The summed E-state index contributed by atoms with van der Waals surface area (Å²) in [5, 5.41) is 6.43. The van der Waals surface area contributed by atoms with Gasteiger partial charge in [0.25, 0.3) is 0 Å². The maximum atomic E-state index is 12.0. The SMILES string of the molecule is COC1CCN(CC(=O)Nc2cc(C)no2)C(CN)C1. The number of carbonyl (C=O) groups excluding carboxylic acids is 1. The summed E-state index contributed by atoms with van der Waals surface area (Å²) in [6, 6.07) is 1.87. The summed E-state index contributed by atoms with van der Waals surface area (Å²) in [5.41, 5.74) is 6.52. The number of rotatable bonds is 5. The van der Waals surface area contributed by atoms with Crippen LogP contribution >= 0.6 is 0 Å². The van der Waals surface area contributed by atoms with Crippen molar-refractivity contribution in [3.05, 3.63) is 11.8 Å². The molecule has 2 heterocycles. The Kier molecular flexibility index (Phi) is 5.11. The summed E-state index contributed by atoms with van der Waals surface area (Å²) in [5.74, 6) is 0.263. The molecule has 2 unspecified atom stereocenters. The quantitative estimate of drug-likeness (QED) is 0.810. The first-order chi connectivity index (χ1) is 9.62. The molecule has 7 heteroatoms. The molecule has 1 amide bonds. The molecule has 0 spiro atoms. The van der Waals surface area contributed by atoms with E-state index in [4.69, 9.17) is 15.0 Å². The van der Waals surface area contributed by atoms with Crippen LogP contribution in [0.25, 0.3) is 0 Å². The monoisotopic (exact) mass is 282 g/mol. The lowest BCUT2D eigenvalue weighted by Gasteiger charge is -2.37. The fourth-order valence-electron chi connectivity index (χ4n) is 2.51. The zero-order chi connectivity index (χ0) is 14.5. The molecule has 0 bridgehead atoms. The second-order valence-corrected chi connectivity index (χ2v) is 5.12. The summed E-state index contributed by atoms with van der Waals surface area (Å²) < 4.78 is 10.3. The number of ether oxygens (including phenoxy) is 1. The van der Waals surface area contributed by atoms with Crippen LogP contribution in [0.15, 0.2) is 10.6 Å². The van der Waals surface area contributed by atoms with E-state index in [9.17, 15) is 4.79 Å². The van der Waals surface area contributed by atoms with Crippen molar-refractivity contribution in [2.45, 2.75) is 31.9 Å². The second-order valence-electron chi connectivity index (χ2n) is 5.12. The number of piperidine rings is 1. The molecule has 1 aromatic heterocycles. The molecular weight excluding hydrogens is 260 g/mol. The van der Waals surface area contributed by atoms with Gasteiger partial charge < -0.3 is 15.0 Å². The predicted octanol–water partition coefficient (Wildman–Crippen LogP) is 0.360. The molecule has 1 aromatic rings. The van der Waals surface area contributed by atoms with Crippen LogP contribution < -0.4 is 11.1 Å². The van der Waals surface area contributed by atoms with E-state index in [0.717, 1.165) is 25.1 Å². The van der Waals surface area contributed by atoms with Crippen LogP contribution in [0, 0.1) is 6.92 Å². The van der Waals surface area contributed by atoms with Gasteiger partial charge in [-0.3, -0.25) is 15.0 Å². The normalized spacial score (nSPS) is 23.8. The van der Waals surface area contributed by atoms with Crippen molar-refractivity contribution in [1.29, 1.82) is 0 Å². The van der Waals surface area contributed by atoms with Crippen LogP contribution in [0.5, 0.6) is 0 Å². The number of aryl methyl sites for hydroxylation is 1. The number of hydrogen-bond acceptors (Lipinski definition) is 6. The summed E-state index contributed by atoms with van der Waals surface area (Å²) in [6.45, 7) is 3.44. The van der Waals surface area contributed by atoms with E-state index in [2.05, 4.69) is 15.4 Å². The molecule has 7 nitrogen and oxygen atoms in total. The van der Waals surface area contributed by atoms with Crippen LogP contribution in [0.1, 0.15) is 18.5 Å². The van der Waals surface area contributed by atoms with Gasteiger partial charge in [0.15, 0.2) is 0 Å². The minimum absolute atomic E-state index is 0.115. The zero-order valence-electron chi connectivity index (χ0n) is 12.0. The molecular formula is C13H22N4O3. The number of nitrogens with two attached hydrogens (primary N) is 1. The van der Waals surface area contributed by atoms with Crippen molar-refractivity contribution >= 4 is 11.8 Å². The van der Waals surface area contributed by atoms with Crippen molar-refractivity contribution in [2.75, 3.05) is 32.1 Å². The standard InChI is InChI=1S/C13H22N4O3/c1-9-5-13(20-16-9)15-12(18)8-17-4-3-11(19-2)6-10(17)7-14/h5,10-11H,3-4,6-8,14H2,1-2H3,(H,15,18). The Bertz CT molecular complexity index is 449. The number of carbonyl (C=O) groups is 1. The lowest BCUT2D eigenvalue weighted by Crippen LogP contribution is -2.50. The van der Waals surface area contributed by atoms with E-state index < -0.39 is 0 Å². The maximum Gasteiger partial charge on any atom is 0.240 e. The maximum absolute atomic E-state index is 12.0. The van der Waals surface area contributed by atoms with Crippen molar-refractivity contribution in [3.63, 3.8) is 0 Å². The molecule has 1 saturated heterocycles. The molecule has 1 fully saturated rings. The molecule has 3 N–H and O–H groups in total. The zero-order valence-corrected chi connectivity index (χ0v) is 12.0. The highest BCUT2D eigenvalue weighted by molar-refractivity contribution is 5.91. The first-order valence-electron chi connectivity index (χ1n) is 6.82. The summed E-state index contributed by atoms with van der Waals surface area (Å²) in [6.07, 6.45) is 2.02. The van der Waals surface area contributed by atoms with Crippen molar-refractivity contribution in [1.82, 2.24) is 10.1 Å². The highest BCUT2D eigenvalue weighted by Crippen LogP contribution is 2.19. The summed E-state index contributed by atoms with van der Waals surface area (Å²) in [4.78, 5) is 14.1. The Morgan fingerprint density at radius 3 is 3.10 bits per heavy atom. The molecule has 0 aromatic carbocycles. The lowest BCUT2D eigenvalue weighted by molar-refractivity contribution is -0.119. The average molecular weight is 282 g/mol. The number of aromatic nitrogens is 1. The Morgan fingerprint density at radius 2 is 2.50 bits per heavy atom. The third-order valence-corrected chi connectivity index (χ3v) is 3.63. The number of anilines is 1. The van der Waals surface area contributed by atoms with E-state index in [-0.39, 0.29) is 18.1 Å². The van der Waals surface area contributed by atoms with Crippen molar-refractivity contribution in [2.24, 2.45) is 5.73 Å². The Hall–Kier alpha value is -1.44. The Labute approximate surface area is 118 Å². The number of nitrogens with zero attached hydrogens (tertiary/aromatic N) is 2. The molecule has 0 saturated carbocycles. The molecule has 0 aliphatic carbocycles. The minimum Gasteiger partial charge on any atom is -0.381 e. The smallest absolute Gasteiger partial charge is 0.240 e. The van der Waals surface area contributed by atoms with E-state index in [1.807, 2.05) is 0 Å². The van der Waals surface area contributed by atoms with Gasteiger partial charge in [0, 0.05) is 32.3 Å². The van der Waals surface area contributed by atoms with Crippen LogP contribution in [0.2, 0.25) is 0 Å². The second kappa shape index (κ2) is 6.83. The number of hydrogen-bond donors (Lipinski definition) is 2. The predicted molar refractivity (Wildman–Crippen MR) is 74.3 cm³/mol. The van der Waals surface area contributed by atoms with Crippen molar-refractivity contribution in [3.8, 4) is 0 Å². The Balaban J connectivity index is 1.86. The number of methoxy groups -OCH3 is 1. The summed E-state index contributed by atoms with van der Waals surface area (Å²) in [7, 11) is 1.72. The fraction of sp³-hybridized carbons (Fsp3) is 0.692. The largest absolute Gasteiger partial charge is 0.381 e. The molecule has 2 atom stereocenters. The molecule has 0 radical (unpaired) electrons. The molecule has 1 aliphatic heterocycles. The van der Waals surface area contributed by atoms with Crippen LogP contribution in [-0.4, -0.2) is 54.9 Å². The van der Waals surface area contributed by atoms with Crippen LogP contribution in [0.3, 0.4) is 0 Å². The van der Waals surface area contributed by atoms with Gasteiger partial charge in [0.2, 0.25) is 11.8 Å². The van der Waals surface area contributed by atoms with Gasteiger partial charge in [-0.05, 0) is 19.8 Å². The van der Waals surface area contributed by atoms with Gasteiger partial charge in [-0.15, -0.1) is 0 Å². The van der Waals surface area contributed by atoms with Gasteiger partial charge in [-0.1, -0.05) is 5.16 Å². The van der Waals surface area contributed by atoms with E-state index in [1.165, 1.54) is 0 Å². The number of nitrogens with one attached hydrogen (secondary N) is 1. The number of amides is 1. The van der Waals surface area contributed by atoms with Gasteiger partial charge in [-0.2, -0.15) is 0 Å². The van der Waals surface area contributed by atoms with Gasteiger partial charge in [-0.25, -0.2) is 0 Å². The van der Waals surface area contributed by atoms with E-state index in [1.54, 1.807) is 20.1 Å². The number of likely N-dealkylation sites (tertiary alicyclic amines) is 1. The minimum atomic E-state index is -0.115. The fourth-order valence-corrected chi connectivity index (χ4v) is 2.51. The highest BCUT2D eigenvalue weighted by atomic mass is 16.5. The lowest BCUT2D eigenvalue weighted by atomic mass is 9.99. The van der Waals surface area contributed by atoms with Crippen LogP contribution in [0.4, 0.5) is 5.88 Å². The highest BCUT2D eigenvalue weighted by Gasteiger charge is 2.28. The topological polar surface area (TPSA) is 93.6 Å². The molecule has 112 valence electrons. The Morgan fingerprint density at radius 1 is 1.70 bits per heavy atom. The van der Waals surface area contributed by atoms with Gasteiger partial charge in [0.05, 0.1) is 18.3 Å². The molecule has 20 heavy (non-hydrogen) atoms.